The third-order valence-electron chi connectivity index (χ3n) is 6.01. The lowest BCUT2D eigenvalue weighted by Crippen LogP contribution is -2.46. The van der Waals surface area contributed by atoms with Crippen LogP contribution in [0.1, 0.15) is 50.0 Å². The number of aromatic nitrogens is 1. The summed E-state index contributed by atoms with van der Waals surface area (Å²) in [6.07, 6.45) is 9.89. The molecule has 0 aliphatic heterocycles. The van der Waals surface area contributed by atoms with Crippen LogP contribution < -0.4 is 0 Å². The maximum atomic E-state index is 12.7. The van der Waals surface area contributed by atoms with Crippen molar-refractivity contribution in [3.05, 3.63) is 30.1 Å². The van der Waals surface area contributed by atoms with Crippen molar-refractivity contribution in [3.63, 3.8) is 0 Å². The minimum Gasteiger partial charge on any atom is -0.264 e. The van der Waals surface area contributed by atoms with Gasteiger partial charge in [0.1, 0.15) is 0 Å². The fourth-order valence-electron chi connectivity index (χ4n) is 4.07. The molecule has 114 valence electrons. The fraction of sp³-hybridized carbons (Fsp3) is 0.688. The quantitative estimate of drug-likeness (QED) is 0.859. The molecular weight excluding hydrogens is 284 g/mol. The molecule has 0 saturated heterocycles. The molecule has 1 aromatic rings. The third-order valence-corrected chi connectivity index (χ3v) is 8.50. The highest BCUT2D eigenvalue weighted by atomic mass is 32.2. The predicted molar refractivity (Wildman–Crippen MR) is 81.4 cm³/mol. The van der Waals surface area contributed by atoms with Crippen LogP contribution in [0.3, 0.4) is 0 Å². The maximum absolute atomic E-state index is 12.7. The Balaban J connectivity index is 1.40. The van der Waals surface area contributed by atoms with Crippen LogP contribution in [0.25, 0.3) is 0 Å². The van der Waals surface area contributed by atoms with Crippen LogP contribution in [0.15, 0.2) is 24.5 Å². The first-order valence-electron chi connectivity index (χ1n) is 7.90. The van der Waals surface area contributed by atoms with Crippen molar-refractivity contribution < 1.29 is 8.42 Å². The van der Waals surface area contributed by atoms with Crippen molar-refractivity contribution >= 4 is 10.0 Å². The third kappa shape index (κ3) is 2.05. The van der Waals surface area contributed by atoms with Gasteiger partial charge in [0.2, 0.25) is 10.0 Å². The second-order valence-corrected chi connectivity index (χ2v) is 9.25. The molecule has 5 heteroatoms. The van der Waals surface area contributed by atoms with E-state index < -0.39 is 10.0 Å². The highest BCUT2D eigenvalue weighted by Gasteiger charge is 2.65. The van der Waals surface area contributed by atoms with Gasteiger partial charge < -0.3 is 0 Å². The maximum Gasteiger partial charge on any atom is 0.217 e. The summed E-state index contributed by atoms with van der Waals surface area (Å²) >= 11 is 0. The number of hydrogen-bond acceptors (Lipinski definition) is 3. The Bertz CT molecular complexity index is 634. The van der Waals surface area contributed by atoms with Crippen LogP contribution in [0, 0.1) is 5.41 Å². The van der Waals surface area contributed by atoms with Gasteiger partial charge in [0, 0.05) is 25.5 Å². The zero-order valence-electron chi connectivity index (χ0n) is 12.4. The van der Waals surface area contributed by atoms with E-state index in [0.717, 1.165) is 32.1 Å². The highest BCUT2D eigenvalue weighted by Crippen LogP contribution is 2.64. The van der Waals surface area contributed by atoms with Crippen molar-refractivity contribution in [3.8, 4) is 0 Å². The standard InChI is InChI=1S/C16H22N2O2S/c1-18(21(19,20)15-10-16(15)5-3-6-16)14-8-13(9-14)12-4-2-7-17-11-12/h2,4,7,11,13-15H,3,5-6,8-10H2,1H3. The van der Waals surface area contributed by atoms with Gasteiger partial charge in [-0.05, 0) is 55.1 Å². The summed E-state index contributed by atoms with van der Waals surface area (Å²) in [7, 11) is -1.30. The highest BCUT2D eigenvalue weighted by molar-refractivity contribution is 7.90. The number of rotatable bonds is 4. The molecule has 1 spiro atoms. The van der Waals surface area contributed by atoms with E-state index in [2.05, 4.69) is 11.1 Å². The monoisotopic (exact) mass is 306 g/mol. The van der Waals surface area contributed by atoms with Crippen molar-refractivity contribution in [1.82, 2.24) is 9.29 Å². The van der Waals surface area contributed by atoms with Crippen LogP contribution in [0.4, 0.5) is 0 Å². The van der Waals surface area contributed by atoms with Gasteiger partial charge in [-0.3, -0.25) is 4.98 Å². The van der Waals surface area contributed by atoms with Crippen LogP contribution in [0.5, 0.6) is 0 Å². The van der Waals surface area contributed by atoms with Crippen LogP contribution in [0.2, 0.25) is 0 Å². The van der Waals surface area contributed by atoms with Crippen LogP contribution in [-0.2, 0) is 10.0 Å². The molecule has 0 radical (unpaired) electrons. The average molecular weight is 306 g/mol. The Hall–Kier alpha value is -0.940. The van der Waals surface area contributed by atoms with Gasteiger partial charge in [-0.2, -0.15) is 0 Å². The summed E-state index contributed by atoms with van der Waals surface area (Å²) in [5.41, 5.74) is 1.42. The molecular formula is C16H22N2O2S. The predicted octanol–water partition coefficient (Wildman–Crippen LogP) is 2.53. The average Bonchev–Trinajstić information content (AvgIpc) is 3.14. The molecule has 3 fully saturated rings. The lowest BCUT2D eigenvalue weighted by molar-refractivity contribution is 0.212. The summed E-state index contributed by atoms with van der Waals surface area (Å²) in [6.45, 7) is 0. The SMILES string of the molecule is CN(C1CC(c2cccnc2)C1)S(=O)(=O)C1CC12CCC2. The summed E-state index contributed by atoms with van der Waals surface area (Å²) in [6, 6.07) is 4.22. The zero-order valence-corrected chi connectivity index (χ0v) is 13.2. The van der Waals surface area contributed by atoms with Gasteiger partial charge in [-0.25, -0.2) is 12.7 Å². The van der Waals surface area contributed by atoms with E-state index in [4.69, 9.17) is 0 Å². The van der Waals surface area contributed by atoms with Crippen molar-refractivity contribution in [2.45, 2.75) is 55.7 Å². The second-order valence-electron chi connectivity index (χ2n) is 7.08. The number of sulfonamides is 1. The molecule has 1 heterocycles. The van der Waals surface area contributed by atoms with Gasteiger partial charge >= 0.3 is 0 Å². The number of hydrogen-bond donors (Lipinski definition) is 0. The van der Waals surface area contributed by atoms with Crippen molar-refractivity contribution in [2.24, 2.45) is 5.41 Å². The van der Waals surface area contributed by atoms with Gasteiger partial charge in [-0.15, -0.1) is 0 Å². The molecule has 4 rings (SSSR count). The number of pyridine rings is 1. The zero-order chi connectivity index (χ0) is 14.7. The number of nitrogens with zero attached hydrogens (tertiary/aromatic N) is 2. The van der Waals surface area contributed by atoms with Crippen LogP contribution >= 0.6 is 0 Å². The van der Waals surface area contributed by atoms with Gasteiger partial charge in [0.25, 0.3) is 0 Å². The fourth-order valence-corrected chi connectivity index (χ4v) is 6.47. The lowest BCUT2D eigenvalue weighted by atomic mass is 9.76. The van der Waals surface area contributed by atoms with E-state index in [1.54, 1.807) is 17.5 Å². The molecule has 21 heavy (non-hydrogen) atoms. The molecule has 3 aliphatic rings. The van der Waals surface area contributed by atoms with Gasteiger partial charge in [0.05, 0.1) is 5.25 Å². The summed E-state index contributed by atoms with van der Waals surface area (Å²) in [5, 5.41) is -0.0822. The van der Waals surface area contributed by atoms with Gasteiger partial charge in [-0.1, -0.05) is 12.5 Å². The molecule has 0 N–H and O–H groups in total. The van der Waals surface area contributed by atoms with E-state index in [0.29, 0.717) is 5.92 Å². The topological polar surface area (TPSA) is 50.3 Å². The van der Waals surface area contributed by atoms with E-state index in [1.807, 2.05) is 12.3 Å². The van der Waals surface area contributed by atoms with E-state index in [9.17, 15) is 8.42 Å². The molecule has 0 aromatic carbocycles. The van der Waals surface area contributed by atoms with Gasteiger partial charge in [0.15, 0.2) is 0 Å². The molecule has 3 saturated carbocycles. The first-order valence-corrected chi connectivity index (χ1v) is 9.40. The molecule has 1 aromatic heterocycles. The van der Waals surface area contributed by atoms with Crippen LogP contribution in [-0.4, -0.2) is 36.0 Å². The van der Waals surface area contributed by atoms with Crippen molar-refractivity contribution in [2.75, 3.05) is 7.05 Å². The Kier molecular flexibility index (Phi) is 2.95. The van der Waals surface area contributed by atoms with Crippen molar-refractivity contribution in [1.29, 1.82) is 0 Å². The smallest absolute Gasteiger partial charge is 0.217 e. The molecule has 1 unspecified atom stereocenters. The summed E-state index contributed by atoms with van der Waals surface area (Å²) < 4.78 is 27.1. The Morgan fingerprint density at radius 3 is 2.62 bits per heavy atom. The minimum atomic E-state index is -3.08. The summed E-state index contributed by atoms with van der Waals surface area (Å²) in [5.74, 6) is 0.471. The molecule has 1 atom stereocenters. The molecule has 4 nitrogen and oxygen atoms in total. The molecule has 0 bridgehead atoms. The normalized spacial score (nSPS) is 33.5. The lowest BCUT2D eigenvalue weighted by Gasteiger charge is -2.41. The minimum absolute atomic E-state index is 0.0822. The Morgan fingerprint density at radius 1 is 1.33 bits per heavy atom. The first-order chi connectivity index (χ1) is 10.0. The Labute approximate surface area is 126 Å². The molecule has 3 aliphatic carbocycles. The summed E-state index contributed by atoms with van der Waals surface area (Å²) in [4.78, 5) is 4.15. The Morgan fingerprint density at radius 2 is 2.10 bits per heavy atom. The molecule has 0 amide bonds. The van der Waals surface area contributed by atoms with E-state index >= 15 is 0 Å². The largest absolute Gasteiger partial charge is 0.264 e. The van der Waals surface area contributed by atoms with E-state index in [1.165, 1.54) is 12.0 Å². The first kappa shape index (κ1) is 13.7. The van der Waals surface area contributed by atoms with E-state index in [-0.39, 0.29) is 16.7 Å². The second kappa shape index (κ2) is 4.53.